The van der Waals surface area contributed by atoms with Crippen molar-refractivity contribution in [2.45, 2.75) is 143 Å². The zero-order valence-corrected chi connectivity index (χ0v) is 31.4. The second-order valence-electron chi connectivity index (χ2n) is 13.9. The van der Waals surface area contributed by atoms with Crippen LogP contribution in [0.4, 0.5) is 0 Å². The molecule has 1 rings (SSSR count). The summed E-state index contributed by atoms with van der Waals surface area (Å²) in [5, 5.41) is 8.58. The third-order valence-electron chi connectivity index (χ3n) is 8.40. The van der Waals surface area contributed by atoms with E-state index >= 15 is 0 Å². The molecule has 0 fully saturated rings. The Balaban J connectivity index is 2.89. The van der Waals surface area contributed by atoms with Crippen LogP contribution in [0.1, 0.15) is 122 Å². The molecule has 8 heteroatoms. The van der Waals surface area contributed by atoms with E-state index < -0.39 is 14.1 Å². The largest absolute Gasteiger partial charge is 0.374 e. The van der Waals surface area contributed by atoms with E-state index in [1.54, 1.807) is 6.07 Å². The molecule has 0 aliphatic heterocycles. The van der Waals surface area contributed by atoms with E-state index in [1.807, 2.05) is 32.9 Å². The molecule has 0 saturated carbocycles. The van der Waals surface area contributed by atoms with E-state index in [1.165, 1.54) is 12.8 Å². The van der Waals surface area contributed by atoms with Crippen LogP contribution in [0.15, 0.2) is 18.2 Å². The van der Waals surface area contributed by atoms with Crippen molar-refractivity contribution < 1.29 is 23.1 Å². The standard InChI is InChI=1S/C32H62BrO5PSi/c1-13-36-40(37-14-2,38-15-3)25-21-19-17-16-18-20-24-35-28-23-22-27(34)26-29(28)39(33,30(4,5)6,31(7,8)9)32(10,11)12/h22-23,26,34H,13-21,24-25H2,1-12H3. The molecule has 0 radical (unpaired) electrons. The Morgan fingerprint density at radius 2 is 1.12 bits per heavy atom. The van der Waals surface area contributed by atoms with Crippen LogP contribution in [0.3, 0.4) is 0 Å². The fourth-order valence-corrected chi connectivity index (χ4v) is 20.0. The van der Waals surface area contributed by atoms with Gasteiger partial charge in [0.1, 0.15) is 0 Å². The Morgan fingerprint density at radius 1 is 0.700 bits per heavy atom. The van der Waals surface area contributed by atoms with Crippen molar-refractivity contribution in [2.75, 3.05) is 26.4 Å². The van der Waals surface area contributed by atoms with Gasteiger partial charge in [-0.1, -0.05) is 0 Å². The van der Waals surface area contributed by atoms with Crippen LogP contribution in [-0.4, -0.2) is 55.8 Å². The maximum Gasteiger partial charge on any atom is 0.0355 e. The number of hydrogen-bond donors (Lipinski definition) is 1. The van der Waals surface area contributed by atoms with Gasteiger partial charge in [0.15, 0.2) is 0 Å². The van der Waals surface area contributed by atoms with Crippen molar-refractivity contribution in [1.82, 2.24) is 0 Å². The predicted octanol–water partition coefficient (Wildman–Crippen LogP) is 10.0. The molecule has 0 bridgehead atoms. The summed E-state index contributed by atoms with van der Waals surface area (Å²) in [5.74, 6) is 1.19. The molecule has 0 heterocycles. The molecule has 1 N–H and O–H groups in total. The fraction of sp³-hybridized carbons (Fsp3) is 0.812. The smallest absolute Gasteiger partial charge is 0.0355 e. The van der Waals surface area contributed by atoms with E-state index in [4.69, 9.17) is 18.0 Å². The number of aromatic hydroxyl groups is 1. The average Bonchev–Trinajstić information content (AvgIpc) is 2.81. The summed E-state index contributed by atoms with van der Waals surface area (Å²) in [7, 11) is -2.52. The minimum atomic E-state index is -3.00. The van der Waals surface area contributed by atoms with Crippen molar-refractivity contribution in [3.63, 3.8) is 0 Å². The molecule has 0 spiro atoms. The van der Waals surface area contributed by atoms with E-state index in [0.717, 1.165) is 42.8 Å². The molecule has 0 atom stereocenters. The number of halogens is 1. The number of phenolic OH excluding ortho intramolecular Hbond substituents is 1. The molecule has 0 aliphatic carbocycles. The Kier molecular flexibility index (Phi) is 14.2. The van der Waals surface area contributed by atoms with Gasteiger partial charge in [0.25, 0.3) is 0 Å². The second-order valence-corrected chi connectivity index (χ2v) is 27.4. The zero-order valence-electron chi connectivity index (χ0n) is 27.9. The van der Waals surface area contributed by atoms with Gasteiger partial charge in [0.2, 0.25) is 0 Å². The van der Waals surface area contributed by atoms with Gasteiger partial charge in [0, 0.05) is 19.8 Å². The third kappa shape index (κ3) is 7.66. The first-order valence-corrected chi connectivity index (χ1v) is 21.7. The van der Waals surface area contributed by atoms with Crippen LogP contribution in [0.5, 0.6) is 11.5 Å². The summed E-state index contributed by atoms with van der Waals surface area (Å²) in [4.78, 5) is 0. The van der Waals surface area contributed by atoms with Gasteiger partial charge in [-0.05, 0) is 20.8 Å². The Bertz CT molecular complexity index is 848. The van der Waals surface area contributed by atoms with Crippen LogP contribution in [0, 0.1) is 0 Å². The first kappa shape index (κ1) is 37.9. The van der Waals surface area contributed by atoms with E-state index in [0.29, 0.717) is 32.2 Å². The summed E-state index contributed by atoms with van der Waals surface area (Å²) in [6.45, 7) is 29.7. The number of rotatable bonds is 17. The minimum absolute atomic E-state index is 0.0824. The molecule has 0 aliphatic rings. The number of phenols is 1. The molecule has 236 valence electrons. The average molecular weight is 666 g/mol. The number of unbranched alkanes of at least 4 members (excludes halogenated alkanes) is 5. The molecular weight excluding hydrogens is 603 g/mol. The topological polar surface area (TPSA) is 57.2 Å². The Labute approximate surface area is 256 Å². The predicted molar refractivity (Wildman–Crippen MR) is 181 cm³/mol. The van der Waals surface area contributed by atoms with Crippen LogP contribution in [-0.2, 0) is 13.3 Å². The van der Waals surface area contributed by atoms with Gasteiger partial charge in [-0.15, -0.1) is 0 Å². The molecule has 1 aromatic rings. The third-order valence-corrected chi connectivity index (χ3v) is 31.1. The molecule has 0 aromatic heterocycles. The van der Waals surface area contributed by atoms with Crippen LogP contribution < -0.4 is 10.0 Å². The summed E-state index contributed by atoms with van der Waals surface area (Å²) < 4.78 is 24.5. The Morgan fingerprint density at radius 3 is 1.55 bits per heavy atom. The van der Waals surface area contributed by atoms with Gasteiger partial charge in [-0.2, -0.15) is 0 Å². The van der Waals surface area contributed by atoms with Crippen LogP contribution >= 0.6 is 20.8 Å². The molecule has 0 unspecified atom stereocenters. The zero-order chi connectivity index (χ0) is 30.9. The van der Waals surface area contributed by atoms with E-state index in [9.17, 15) is 5.11 Å². The molecule has 0 amide bonds. The maximum atomic E-state index is 10.7. The molecule has 1 aromatic carbocycles. The van der Waals surface area contributed by atoms with Crippen molar-refractivity contribution in [1.29, 1.82) is 0 Å². The second kappa shape index (κ2) is 15.0. The number of hydrogen-bond acceptors (Lipinski definition) is 5. The molecule has 5 nitrogen and oxygen atoms in total. The summed E-state index contributed by atoms with van der Waals surface area (Å²) in [6.07, 6.45) is 6.75. The molecular formula is C32H62BrO5PSi. The first-order chi connectivity index (χ1) is 18.4. The van der Waals surface area contributed by atoms with E-state index in [-0.39, 0.29) is 15.5 Å². The summed E-state index contributed by atoms with van der Waals surface area (Å²) >= 11 is 4.56. The molecule has 40 heavy (non-hydrogen) atoms. The van der Waals surface area contributed by atoms with Crippen molar-refractivity contribution in [2.24, 2.45) is 0 Å². The van der Waals surface area contributed by atoms with Gasteiger partial charge in [0.05, 0.1) is 0 Å². The monoisotopic (exact) mass is 664 g/mol. The van der Waals surface area contributed by atoms with Crippen molar-refractivity contribution in [3.8, 4) is 11.5 Å². The SMILES string of the molecule is CCO[Si](CCCCCCCCOc1ccc(O)cc1P(Br)(C(C)(C)C)(C(C)(C)C)C(C)(C)C)(OCC)OCC. The molecule has 0 saturated heterocycles. The van der Waals surface area contributed by atoms with Crippen molar-refractivity contribution in [3.05, 3.63) is 18.2 Å². The fourth-order valence-electron chi connectivity index (χ4n) is 7.39. The van der Waals surface area contributed by atoms with Gasteiger partial charge >= 0.3 is 203 Å². The van der Waals surface area contributed by atoms with Crippen LogP contribution in [0.2, 0.25) is 6.04 Å². The minimum Gasteiger partial charge on any atom is -0.374 e. The Hall–Kier alpha value is -0.173. The summed E-state index contributed by atoms with van der Waals surface area (Å²) in [6, 6.07) is 6.60. The number of ether oxygens (including phenoxy) is 1. The number of benzene rings is 1. The van der Waals surface area contributed by atoms with Gasteiger partial charge in [-0.3, -0.25) is 0 Å². The maximum absolute atomic E-state index is 10.7. The first-order valence-electron chi connectivity index (χ1n) is 15.5. The summed E-state index contributed by atoms with van der Waals surface area (Å²) in [5.41, 5.74) is 0. The normalized spacial score (nSPS) is 14.7. The van der Waals surface area contributed by atoms with Gasteiger partial charge < -0.3 is 13.3 Å². The van der Waals surface area contributed by atoms with Gasteiger partial charge in [-0.25, -0.2) is 0 Å². The van der Waals surface area contributed by atoms with Crippen molar-refractivity contribution >= 4 is 34.9 Å². The van der Waals surface area contributed by atoms with Crippen LogP contribution in [0.25, 0.3) is 0 Å². The van der Waals surface area contributed by atoms with E-state index in [2.05, 4.69) is 77.8 Å². The quantitative estimate of drug-likeness (QED) is 0.102.